The highest BCUT2D eigenvalue weighted by Gasteiger charge is 2.42. The quantitative estimate of drug-likeness (QED) is 0.298. The molecule has 0 aliphatic carbocycles. The van der Waals surface area contributed by atoms with Crippen LogP contribution < -0.4 is 10.2 Å². The molecule has 35 heavy (non-hydrogen) atoms. The van der Waals surface area contributed by atoms with Crippen LogP contribution in [0.1, 0.15) is 33.3 Å². The molecule has 5 rings (SSSR count). The minimum atomic E-state index is -0.917. The summed E-state index contributed by atoms with van der Waals surface area (Å²) in [6, 6.07) is 15.7. The van der Waals surface area contributed by atoms with Crippen molar-refractivity contribution in [1.29, 1.82) is 0 Å². The molecule has 0 saturated carbocycles. The summed E-state index contributed by atoms with van der Waals surface area (Å²) < 4.78 is 24.9. The molecule has 0 saturated heterocycles. The number of carbonyl (C=O) groups is 1. The van der Waals surface area contributed by atoms with Crippen molar-refractivity contribution in [3.8, 4) is 5.75 Å². The summed E-state index contributed by atoms with van der Waals surface area (Å²) >= 11 is 0. The number of amides is 1. The molecule has 4 aromatic rings. The van der Waals surface area contributed by atoms with Crippen molar-refractivity contribution in [3.63, 3.8) is 0 Å². The van der Waals surface area contributed by atoms with Gasteiger partial charge in [-0.15, -0.1) is 0 Å². The lowest BCUT2D eigenvalue weighted by Crippen LogP contribution is -2.31. The number of fused-ring (bicyclic) bond motifs is 2. The molecule has 1 atom stereocenters. The molecule has 0 spiro atoms. The van der Waals surface area contributed by atoms with Gasteiger partial charge in [-0.05, 0) is 47.9 Å². The average molecular weight is 474 g/mol. The zero-order valence-corrected chi connectivity index (χ0v) is 18.6. The topological polar surface area (TPSA) is 103 Å². The summed E-state index contributed by atoms with van der Waals surface area (Å²) in [6.45, 7) is 0.215. The highest BCUT2D eigenvalue weighted by atomic mass is 19.1. The third-order valence-electron chi connectivity index (χ3n) is 6.12. The number of rotatable bonds is 6. The van der Waals surface area contributed by atoms with E-state index in [-0.39, 0.29) is 34.5 Å². The van der Waals surface area contributed by atoms with Crippen LogP contribution in [0.3, 0.4) is 0 Å². The summed E-state index contributed by atoms with van der Waals surface area (Å²) in [5.74, 6) is -0.562. The Morgan fingerprint density at radius 3 is 2.57 bits per heavy atom. The largest absolute Gasteiger partial charge is 0.497 e. The van der Waals surface area contributed by atoms with Gasteiger partial charge in [0.2, 0.25) is 5.76 Å². The maximum Gasteiger partial charge on any atom is 0.290 e. The lowest BCUT2D eigenvalue weighted by atomic mass is 9.98. The summed E-state index contributed by atoms with van der Waals surface area (Å²) in [5, 5.41) is 11.4. The average Bonchev–Trinajstić information content (AvgIpc) is 3.15. The second-order valence-electron chi connectivity index (χ2n) is 8.17. The van der Waals surface area contributed by atoms with E-state index in [4.69, 9.17) is 9.15 Å². The van der Waals surface area contributed by atoms with Crippen LogP contribution in [-0.2, 0) is 6.42 Å². The van der Waals surface area contributed by atoms with E-state index in [0.29, 0.717) is 17.7 Å². The third-order valence-corrected chi connectivity index (χ3v) is 6.12. The van der Waals surface area contributed by atoms with Crippen LogP contribution in [0.15, 0.2) is 75.9 Å². The van der Waals surface area contributed by atoms with Crippen LogP contribution in [0.2, 0.25) is 0 Å². The van der Waals surface area contributed by atoms with E-state index < -0.39 is 28.1 Å². The van der Waals surface area contributed by atoms with E-state index in [0.717, 1.165) is 17.7 Å². The number of methoxy groups -OCH3 is 1. The van der Waals surface area contributed by atoms with E-state index in [1.165, 1.54) is 29.2 Å². The molecule has 0 N–H and O–H groups in total. The van der Waals surface area contributed by atoms with Crippen LogP contribution in [0.5, 0.6) is 5.75 Å². The summed E-state index contributed by atoms with van der Waals surface area (Å²) in [6.07, 6.45) is 0.456. The first-order chi connectivity index (χ1) is 16.9. The zero-order chi connectivity index (χ0) is 24.7. The van der Waals surface area contributed by atoms with Crippen LogP contribution in [0, 0.1) is 15.9 Å². The van der Waals surface area contributed by atoms with Crippen LogP contribution in [0.25, 0.3) is 11.0 Å². The van der Waals surface area contributed by atoms with E-state index >= 15 is 0 Å². The highest BCUT2D eigenvalue weighted by molar-refractivity contribution is 5.99. The van der Waals surface area contributed by atoms with Gasteiger partial charge in [0.05, 0.1) is 29.0 Å². The maximum atomic E-state index is 13.9. The Bertz CT molecular complexity index is 1530. The van der Waals surface area contributed by atoms with Crippen LogP contribution in [-0.4, -0.2) is 29.4 Å². The standard InChI is InChI=1S/C26H19FN2O6/c1-34-19-8-5-15(6-9-19)11-12-28-23(16-3-2-4-18(13-16)29(32)33)22-24(30)20-14-17(27)7-10-21(20)35-25(22)26(28)31/h2-10,13-14,23H,11-12H2,1H3/t23-/m1/s1. The first-order valence-corrected chi connectivity index (χ1v) is 10.8. The van der Waals surface area contributed by atoms with E-state index in [1.807, 2.05) is 12.1 Å². The third kappa shape index (κ3) is 3.90. The van der Waals surface area contributed by atoms with Crippen LogP contribution >= 0.6 is 0 Å². The minimum Gasteiger partial charge on any atom is -0.497 e. The van der Waals surface area contributed by atoms with Gasteiger partial charge in [-0.25, -0.2) is 4.39 Å². The minimum absolute atomic E-state index is 0.00369. The Morgan fingerprint density at radius 2 is 1.86 bits per heavy atom. The van der Waals surface area contributed by atoms with Crippen LogP contribution in [0.4, 0.5) is 10.1 Å². The van der Waals surface area contributed by atoms with Crippen molar-refractivity contribution < 1.29 is 23.3 Å². The molecule has 1 aliphatic heterocycles. The molecular weight excluding hydrogens is 455 g/mol. The van der Waals surface area contributed by atoms with Crippen molar-refractivity contribution in [1.82, 2.24) is 4.90 Å². The highest BCUT2D eigenvalue weighted by Crippen LogP contribution is 2.39. The summed E-state index contributed by atoms with van der Waals surface area (Å²) in [7, 11) is 1.57. The van der Waals surface area contributed by atoms with E-state index in [2.05, 4.69) is 0 Å². The number of hydrogen-bond acceptors (Lipinski definition) is 6. The molecule has 176 valence electrons. The number of carbonyl (C=O) groups excluding carboxylic acids is 1. The van der Waals surface area contributed by atoms with Gasteiger partial charge in [0.15, 0.2) is 5.43 Å². The van der Waals surface area contributed by atoms with E-state index in [1.54, 1.807) is 25.3 Å². The number of nitro groups is 1. The van der Waals surface area contributed by atoms with Gasteiger partial charge in [0, 0.05) is 18.7 Å². The van der Waals surface area contributed by atoms with Gasteiger partial charge in [-0.3, -0.25) is 19.7 Å². The number of benzene rings is 3. The summed E-state index contributed by atoms with van der Waals surface area (Å²) in [4.78, 5) is 39.2. The first-order valence-electron chi connectivity index (χ1n) is 10.8. The number of nitro benzene ring substituents is 1. The van der Waals surface area contributed by atoms with Crippen molar-refractivity contribution >= 4 is 22.6 Å². The van der Waals surface area contributed by atoms with E-state index in [9.17, 15) is 24.1 Å². The number of halogens is 1. The van der Waals surface area contributed by atoms with Gasteiger partial charge in [-0.2, -0.15) is 0 Å². The predicted octanol–water partition coefficient (Wildman–Crippen LogP) is 4.64. The number of hydrogen-bond donors (Lipinski definition) is 0. The monoisotopic (exact) mass is 474 g/mol. The Morgan fingerprint density at radius 1 is 1.09 bits per heavy atom. The fourth-order valence-corrected chi connectivity index (χ4v) is 4.42. The van der Waals surface area contributed by atoms with Gasteiger partial charge in [0.1, 0.15) is 17.1 Å². The lowest BCUT2D eigenvalue weighted by molar-refractivity contribution is -0.384. The van der Waals surface area contributed by atoms with Gasteiger partial charge >= 0.3 is 0 Å². The fourth-order valence-electron chi connectivity index (χ4n) is 4.42. The Hall–Kier alpha value is -4.53. The van der Waals surface area contributed by atoms with Crippen molar-refractivity contribution in [2.75, 3.05) is 13.7 Å². The molecule has 9 heteroatoms. The molecule has 8 nitrogen and oxygen atoms in total. The van der Waals surface area contributed by atoms with Crippen molar-refractivity contribution in [3.05, 3.63) is 115 Å². The van der Waals surface area contributed by atoms with Crippen molar-refractivity contribution in [2.45, 2.75) is 12.5 Å². The number of ether oxygens (including phenoxy) is 1. The molecule has 1 aromatic heterocycles. The van der Waals surface area contributed by atoms with Gasteiger partial charge in [-0.1, -0.05) is 24.3 Å². The fraction of sp³-hybridized carbons (Fsp3) is 0.154. The Balaban J connectivity index is 1.63. The predicted molar refractivity (Wildman–Crippen MR) is 125 cm³/mol. The normalized spacial score (nSPS) is 14.9. The second kappa shape index (κ2) is 8.68. The molecule has 2 heterocycles. The Kier molecular flexibility index (Phi) is 5.52. The Labute approximate surface area is 198 Å². The molecule has 1 aliphatic rings. The number of nitrogens with zero attached hydrogens (tertiary/aromatic N) is 2. The SMILES string of the molecule is COc1ccc(CCN2C(=O)c3oc4ccc(F)cc4c(=O)c3[C@H]2c2cccc([N+](=O)[O-])c2)cc1. The van der Waals surface area contributed by atoms with Crippen molar-refractivity contribution in [2.24, 2.45) is 0 Å². The molecule has 0 unspecified atom stereocenters. The molecular formula is C26H19FN2O6. The second-order valence-corrected chi connectivity index (χ2v) is 8.17. The molecule has 0 radical (unpaired) electrons. The van der Waals surface area contributed by atoms with Gasteiger partial charge in [0.25, 0.3) is 11.6 Å². The first kappa shape index (κ1) is 22.3. The summed E-state index contributed by atoms with van der Waals surface area (Å²) in [5.41, 5.74) is 0.747. The smallest absolute Gasteiger partial charge is 0.290 e. The lowest BCUT2D eigenvalue weighted by Gasteiger charge is -2.25. The van der Waals surface area contributed by atoms with Gasteiger partial charge < -0.3 is 14.1 Å². The molecule has 1 amide bonds. The molecule has 0 fully saturated rings. The number of non-ortho nitro benzene ring substituents is 1. The zero-order valence-electron chi connectivity index (χ0n) is 18.6. The maximum absolute atomic E-state index is 13.9. The molecule has 3 aromatic carbocycles. The molecule has 0 bridgehead atoms.